The zero-order valence-corrected chi connectivity index (χ0v) is 15.8. The molecule has 0 saturated heterocycles. The fraction of sp³-hybridized carbons (Fsp3) is 0.300. The lowest BCUT2D eigenvalue weighted by Crippen LogP contribution is -2.24. The second-order valence-electron chi connectivity index (χ2n) is 6.42. The van der Waals surface area contributed by atoms with Crippen molar-refractivity contribution in [2.45, 2.75) is 37.8 Å². The van der Waals surface area contributed by atoms with Gasteiger partial charge in [-0.15, -0.1) is 11.3 Å². The van der Waals surface area contributed by atoms with Crippen molar-refractivity contribution in [3.05, 3.63) is 57.3 Å². The van der Waals surface area contributed by atoms with Crippen LogP contribution in [0.4, 0.5) is 0 Å². The van der Waals surface area contributed by atoms with E-state index in [1.54, 1.807) is 11.3 Å². The molecule has 3 aromatic rings. The third-order valence-electron chi connectivity index (χ3n) is 4.55. The smallest absolute Gasteiger partial charge is 0.230 e. The minimum Gasteiger partial charge on any atom is -0.350 e. The Morgan fingerprint density at radius 1 is 1.28 bits per heavy atom. The van der Waals surface area contributed by atoms with Gasteiger partial charge in [-0.3, -0.25) is 4.79 Å². The predicted octanol–water partition coefficient (Wildman–Crippen LogP) is 4.50. The fourth-order valence-corrected chi connectivity index (χ4v) is 4.73. The number of benzene rings is 1. The van der Waals surface area contributed by atoms with Crippen LogP contribution >= 0.6 is 23.1 Å². The zero-order valence-electron chi connectivity index (χ0n) is 14.2. The van der Waals surface area contributed by atoms with Crippen LogP contribution in [0, 0.1) is 6.92 Å². The summed E-state index contributed by atoms with van der Waals surface area (Å²) in [7, 11) is 0. The molecule has 2 aromatic heterocycles. The van der Waals surface area contributed by atoms with E-state index in [-0.39, 0.29) is 5.91 Å². The van der Waals surface area contributed by atoms with Crippen molar-refractivity contribution in [2.24, 2.45) is 0 Å². The summed E-state index contributed by atoms with van der Waals surface area (Å²) in [5.41, 5.74) is 5.10. The summed E-state index contributed by atoms with van der Waals surface area (Å²) < 4.78 is 0. The Morgan fingerprint density at radius 2 is 2.12 bits per heavy atom. The van der Waals surface area contributed by atoms with Gasteiger partial charge in [-0.2, -0.15) is 0 Å². The molecule has 0 radical (unpaired) electrons. The van der Waals surface area contributed by atoms with Crippen LogP contribution in [0.2, 0.25) is 0 Å². The van der Waals surface area contributed by atoms with Crippen molar-refractivity contribution in [3.63, 3.8) is 0 Å². The number of hydrogen-bond donors (Lipinski definition) is 1. The van der Waals surface area contributed by atoms with Crippen molar-refractivity contribution < 1.29 is 4.79 Å². The number of carbonyl (C=O) groups is 1. The lowest BCUT2D eigenvalue weighted by Gasteiger charge is -2.09. The van der Waals surface area contributed by atoms with Crippen LogP contribution in [0.3, 0.4) is 0 Å². The molecule has 0 fully saturated rings. The molecule has 25 heavy (non-hydrogen) atoms. The molecule has 0 bridgehead atoms. The van der Waals surface area contributed by atoms with E-state index in [1.165, 1.54) is 46.0 Å². The van der Waals surface area contributed by atoms with Gasteiger partial charge in [0.25, 0.3) is 0 Å². The quantitative estimate of drug-likeness (QED) is 0.674. The van der Waals surface area contributed by atoms with Gasteiger partial charge >= 0.3 is 0 Å². The van der Waals surface area contributed by atoms with Crippen LogP contribution in [0.25, 0.3) is 10.9 Å². The predicted molar refractivity (Wildman–Crippen MR) is 105 cm³/mol. The van der Waals surface area contributed by atoms with Gasteiger partial charge in [0.05, 0.1) is 17.8 Å². The standard InChI is InChI=1S/C20H20N2OS2/c1-13-8-16-9-14-4-2-5-15(14)10-18(16)22-20(13)25-12-19(23)21-11-17-6-3-7-24-17/h3,6-10H,2,4-5,11-12H2,1H3,(H,21,23). The number of hydrogen-bond acceptors (Lipinski definition) is 4. The molecule has 3 nitrogen and oxygen atoms in total. The first-order chi connectivity index (χ1) is 12.2. The zero-order chi connectivity index (χ0) is 17.2. The average molecular weight is 369 g/mol. The number of nitrogens with zero attached hydrogens (tertiary/aromatic N) is 1. The monoisotopic (exact) mass is 368 g/mol. The van der Waals surface area contributed by atoms with E-state index in [0.717, 1.165) is 22.5 Å². The third kappa shape index (κ3) is 3.72. The molecule has 1 N–H and O–H groups in total. The Hall–Kier alpha value is -1.85. The molecule has 0 saturated carbocycles. The summed E-state index contributed by atoms with van der Waals surface area (Å²) >= 11 is 3.18. The van der Waals surface area contributed by atoms with Gasteiger partial charge < -0.3 is 5.32 Å². The van der Waals surface area contributed by atoms with Crippen molar-refractivity contribution >= 4 is 39.9 Å². The molecule has 128 valence electrons. The van der Waals surface area contributed by atoms with Crippen LogP contribution in [-0.2, 0) is 24.2 Å². The molecule has 1 aliphatic rings. The number of pyridine rings is 1. The minimum atomic E-state index is 0.0497. The maximum absolute atomic E-state index is 12.1. The number of aryl methyl sites for hydroxylation is 3. The lowest BCUT2D eigenvalue weighted by molar-refractivity contribution is -0.118. The molecule has 4 rings (SSSR count). The van der Waals surface area contributed by atoms with E-state index in [2.05, 4.69) is 30.4 Å². The van der Waals surface area contributed by atoms with E-state index < -0.39 is 0 Å². The molecule has 0 atom stereocenters. The van der Waals surface area contributed by atoms with E-state index in [1.807, 2.05) is 17.5 Å². The van der Waals surface area contributed by atoms with Crippen LogP contribution in [0.1, 0.15) is 28.0 Å². The average Bonchev–Trinajstić information content (AvgIpc) is 3.27. The van der Waals surface area contributed by atoms with Crippen LogP contribution in [0.5, 0.6) is 0 Å². The fourth-order valence-electron chi connectivity index (χ4n) is 3.27. The Bertz CT molecular complexity index is 919. The van der Waals surface area contributed by atoms with Crippen LogP contribution in [0.15, 0.2) is 40.7 Å². The molecule has 1 aromatic carbocycles. The summed E-state index contributed by atoms with van der Waals surface area (Å²) in [4.78, 5) is 18.1. The summed E-state index contributed by atoms with van der Waals surface area (Å²) in [6, 6.07) is 10.8. The molecule has 0 aliphatic heterocycles. The molecular formula is C20H20N2OS2. The van der Waals surface area contributed by atoms with Gasteiger partial charge in [0.1, 0.15) is 5.03 Å². The number of fused-ring (bicyclic) bond motifs is 2. The normalized spacial score (nSPS) is 13.2. The van der Waals surface area contributed by atoms with Gasteiger partial charge in [0.15, 0.2) is 0 Å². The maximum Gasteiger partial charge on any atom is 0.230 e. The van der Waals surface area contributed by atoms with Crippen molar-refractivity contribution in [1.82, 2.24) is 10.3 Å². The largest absolute Gasteiger partial charge is 0.350 e. The molecule has 2 heterocycles. The Morgan fingerprint density at radius 3 is 2.92 bits per heavy atom. The number of amides is 1. The molecule has 0 spiro atoms. The third-order valence-corrected chi connectivity index (χ3v) is 6.52. The topological polar surface area (TPSA) is 42.0 Å². The second kappa shape index (κ2) is 7.18. The van der Waals surface area contributed by atoms with Crippen molar-refractivity contribution in [2.75, 3.05) is 5.75 Å². The highest BCUT2D eigenvalue weighted by Crippen LogP contribution is 2.30. The van der Waals surface area contributed by atoms with E-state index >= 15 is 0 Å². The highest BCUT2D eigenvalue weighted by molar-refractivity contribution is 7.99. The molecule has 1 amide bonds. The number of thioether (sulfide) groups is 1. The summed E-state index contributed by atoms with van der Waals surface area (Å²) in [5, 5.41) is 7.16. The minimum absolute atomic E-state index is 0.0497. The first-order valence-corrected chi connectivity index (χ1v) is 10.4. The molecule has 1 aliphatic carbocycles. The number of carbonyl (C=O) groups excluding carboxylic acids is 1. The number of thiophene rings is 1. The Kier molecular flexibility index (Phi) is 4.77. The van der Waals surface area contributed by atoms with E-state index in [0.29, 0.717) is 12.3 Å². The molecular weight excluding hydrogens is 348 g/mol. The summed E-state index contributed by atoms with van der Waals surface area (Å²) in [5.74, 6) is 0.448. The summed E-state index contributed by atoms with van der Waals surface area (Å²) in [6.45, 7) is 2.68. The Labute approximate surface area is 155 Å². The second-order valence-corrected chi connectivity index (χ2v) is 8.42. The van der Waals surface area contributed by atoms with Gasteiger partial charge in [-0.1, -0.05) is 17.8 Å². The van der Waals surface area contributed by atoms with Gasteiger partial charge in [-0.25, -0.2) is 4.98 Å². The van der Waals surface area contributed by atoms with Crippen LogP contribution < -0.4 is 5.32 Å². The molecule has 0 unspecified atom stereocenters. The van der Waals surface area contributed by atoms with Gasteiger partial charge in [0.2, 0.25) is 5.91 Å². The first-order valence-electron chi connectivity index (χ1n) is 8.54. The number of rotatable bonds is 5. The maximum atomic E-state index is 12.1. The van der Waals surface area contributed by atoms with Gasteiger partial charge in [0, 0.05) is 10.3 Å². The highest BCUT2D eigenvalue weighted by Gasteiger charge is 2.14. The van der Waals surface area contributed by atoms with Crippen molar-refractivity contribution in [3.8, 4) is 0 Å². The van der Waals surface area contributed by atoms with E-state index in [9.17, 15) is 4.79 Å². The van der Waals surface area contributed by atoms with Crippen molar-refractivity contribution in [1.29, 1.82) is 0 Å². The highest BCUT2D eigenvalue weighted by atomic mass is 32.2. The van der Waals surface area contributed by atoms with Crippen LogP contribution in [-0.4, -0.2) is 16.6 Å². The van der Waals surface area contributed by atoms with E-state index in [4.69, 9.17) is 4.98 Å². The lowest BCUT2D eigenvalue weighted by atomic mass is 10.1. The number of aromatic nitrogens is 1. The summed E-state index contributed by atoms with van der Waals surface area (Å²) in [6.07, 6.45) is 3.59. The number of nitrogens with one attached hydrogen (secondary N) is 1. The first kappa shape index (κ1) is 16.6. The SMILES string of the molecule is Cc1cc2cc3c(cc2nc1SCC(=O)NCc1cccs1)CCC3. The Balaban J connectivity index is 1.44. The van der Waals surface area contributed by atoms with Gasteiger partial charge in [-0.05, 0) is 72.5 Å². The molecule has 5 heteroatoms.